The zero-order valence-electron chi connectivity index (χ0n) is 19.2. The number of carbonyl (C=O) groups is 1. The van der Waals surface area contributed by atoms with Crippen LogP contribution < -0.4 is 0 Å². The van der Waals surface area contributed by atoms with Gasteiger partial charge in [0.05, 0.1) is 4.90 Å². The van der Waals surface area contributed by atoms with Crippen LogP contribution in [0.4, 0.5) is 0 Å². The van der Waals surface area contributed by atoms with Crippen molar-refractivity contribution in [2.45, 2.75) is 37.5 Å². The summed E-state index contributed by atoms with van der Waals surface area (Å²) < 4.78 is 26.6. The van der Waals surface area contributed by atoms with Crippen molar-refractivity contribution in [2.75, 3.05) is 26.2 Å². The lowest BCUT2D eigenvalue weighted by Crippen LogP contribution is -2.36. The molecule has 0 saturated carbocycles. The first-order valence-corrected chi connectivity index (χ1v) is 13.0. The zero-order chi connectivity index (χ0) is 23.4. The molecule has 1 aliphatic rings. The Balaban J connectivity index is 1.34. The van der Waals surface area contributed by atoms with Crippen LogP contribution >= 0.6 is 0 Å². The number of sulfonamides is 1. The minimum Gasteiger partial charge on any atom is -0.358 e. The van der Waals surface area contributed by atoms with Crippen molar-refractivity contribution in [1.29, 1.82) is 0 Å². The van der Waals surface area contributed by atoms with E-state index in [1.807, 2.05) is 30.9 Å². The molecule has 1 fully saturated rings. The average Bonchev–Trinajstić information content (AvgIpc) is 3.28. The number of H-pyrrole nitrogens is 1. The summed E-state index contributed by atoms with van der Waals surface area (Å²) in [6, 6.07) is 17.2. The summed E-state index contributed by atoms with van der Waals surface area (Å²) >= 11 is 0. The number of benzene rings is 2. The molecule has 0 spiro atoms. The predicted molar refractivity (Wildman–Crippen MR) is 132 cm³/mol. The Hall–Kier alpha value is -2.90. The van der Waals surface area contributed by atoms with Crippen LogP contribution in [0.15, 0.2) is 65.6 Å². The third kappa shape index (κ3) is 5.04. The number of carbonyl (C=O) groups excluding carboxylic acids is 1. The van der Waals surface area contributed by atoms with Crippen LogP contribution in [0, 0.1) is 0 Å². The largest absolute Gasteiger partial charge is 0.358 e. The van der Waals surface area contributed by atoms with Gasteiger partial charge in [-0.25, -0.2) is 8.42 Å². The van der Waals surface area contributed by atoms with Gasteiger partial charge in [-0.05, 0) is 54.1 Å². The lowest BCUT2D eigenvalue weighted by atomic mass is 9.93. The van der Waals surface area contributed by atoms with Crippen molar-refractivity contribution >= 4 is 32.9 Å². The first-order valence-electron chi connectivity index (χ1n) is 11.6. The fourth-order valence-corrected chi connectivity index (χ4v) is 5.92. The van der Waals surface area contributed by atoms with Crippen molar-refractivity contribution in [2.24, 2.45) is 0 Å². The number of amides is 1. The fourth-order valence-electron chi connectivity index (χ4n) is 4.46. The van der Waals surface area contributed by atoms with Crippen LogP contribution in [-0.4, -0.2) is 54.7 Å². The quantitative estimate of drug-likeness (QED) is 0.518. The van der Waals surface area contributed by atoms with Crippen LogP contribution in [-0.2, 0) is 14.8 Å². The lowest BCUT2D eigenvalue weighted by molar-refractivity contribution is -0.126. The van der Waals surface area contributed by atoms with E-state index in [1.165, 1.54) is 15.4 Å². The second-order valence-electron chi connectivity index (χ2n) is 8.40. The molecule has 1 amide bonds. The molecule has 0 atom stereocenters. The van der Waals surface area contributed by atoms with Crippen LogP contribution in [0.5, 0.6) is 0 Å². The van der Waals surface area contributed by atoms with Gasteiger partial charge in [0.2, 0.25) is 15.9 Å². The molecule has 2 aromatic carbocycles. The van der Waals surface area contributed by atoms with Gasteiger partial charge in [0.15, 0.2) is 0 Å². The maximum Gasteiger partial charge on any atom is 0.246 e. The molecule has 0 bridgehead atoms. The lowest BCUT2D eigenvalue weighted by Gasteiger charge is -2.31. The maximum absolute atomic E-state index is 12.7. The Morgan fingerprint density at radius 3 is 2.36 bits per heavy atom. The topological polar surface area (TPSA) is 73.5 Å². The third-order valence-corrected chi connectivity index (χ3v) is 8.50. The first-order chi connectivity index (χ1) is 15.9. The van der Waals surface area contributed by atoms with Crippen LogP contribution in [0.25, 0.3) is 17.0 Å². The predicted octanol–water partition coefficient (Wildman–Crippen LogP) is 4.62. The van der Waals surface area contributed by atoms with Crippen molar-refractivity contribution in [3.05, 3.63) is 71.9 Å². The van der Waals surface area contributed by atoms with Gasteiger partial charge in [-0.1, -0.05) is 44.2 Å². The number of aromatic nitrogens is 1. The van der Waals surface area contributed by atoms with Gasteiger partial charge < -0.3 is 9.88 Å². The summed E-state index contributed by atoms with van der Waals surface area (Å²) in [4.78, 5) is 18.4. The number of fused-ring (bicyclic) bond motifs is 1. The first kappa shape index (κ1) is 23.3. The van der Waals surface area contributed by atoms with Gasteiger partial charge in [-0.2, -0.15) is 4.31 Å². The summed E-state index contributed by atoms with van der Waals surface area (Å²) in [7, 11) is -3.47. The molecule has 33 heavy (non-hydrogen) atoms. The van der Waals surface area contributed by atoms with Crippen molar-refractivity contribution in [1.82, 2.24) is 14.2 Å². The second kappa shape index (κ2) is 9.93. The second-order valence-corrected chi connectivity index (χ2v) is 10.3. The summed E-state index contributed by atoms with van der Waals surface area (Å²) in [5, 5.41) is 1.23. The molecule has 6 nitrogen and oxygen atoms in total. The fraction of sp³-hybridized carbons (Fsp3) is 0.346. The Labute approximate surface area is 196 Å². The Morgan fingerprint density at radius 2 is 1.73 bits per heavy atom. The van der Waals surface area contributed by atoms with E-state index in [2.05, 4.69) is 23.2 Å². The third-order valence-electron chi connectivity index (χ3n) is 6.44. The van der Waals surface area contributed by atoms with Crippen LogP contribution in [0.1, 0.15) is 43.9 Å². The van der Waals surface area contributed by atoms with E-state index in [0.717, 1.165) is 37.0 Å². The minimum atomic E-state index is -3.47. The number of nitrogens with zero attached hydrogens (tertiary/aromatic N) is 2. The van der Waals surface area contributed by atoms with Gasteiger partial charge in [-0.15, -0.1) is 0 Å². The van der Waals surface area contributed by atoms with Gasteiger partial charge in [-0.3, -0.25) is 4.79 Å². The van der Waals surface area contributed by atoms with E-state index >= 15 is 0 Å². The van der Waals surface area contributed by atoms with Gasteiger partial charge in [0, 0.05) is 49.4 Å². The van der Waals surface area contributed by atoms with E-state index in [4.69, 9.17) is 0 Å². The van der Waals surface area contributed by atoms with Gasteiger partial charge in [0.1, 0.15) is 0 Å². The van der Waals surface area contributed by atoms with Crippen LogP contribution in [0.2, 0.25) is 0 Å². The highest BCUT2D eigenvalue weighted by Gasteiger charge is 2.24. The molecule has 0 aliphatic carbocycles. The van der Waals surface area contributed by atoms with Crippen molar-refractivity contribution < 1.29 is 13.2 Å². The molecule has 1 saturated heterocycles. The summed E-state index contributed by atoms with van der Waals surface area (Å²) in [6.07, 6.45) is 5.20. The number of aromatic amines is 1. The number of hydrogen-bond acceptors (Lipinski definition) is 3. The average molecular weight is 466 g/mol. The Morgan fingerprint density at radius 1 is 1.06 bits per heavy atom. The SMILES string of the molecule is CCN(CC)S(=O)(=O)c1ccc(/C=C\C(=O)N2CCC(c3cc4ccccc4[nH]3)CC2)cc1. The number of hydrogen-bond donors (Lipinski definition) is 1. The Bertz CT molecular complexity index is 1200. The molecule has 174 valence electrons. The number of para-hydroxylation sites is 1. The molecule has 3 aromatic rings. The normalized spacial score (nSPS) is 15.7. The number of likely N-dealkylation sites (tertiary alicyclic amines) is 1. The molecule has 0 unspecified atom stereocenters. The molecule has 1 aliphatic heterocycles. The van der Waals surface area contributed by atoms with Crippen molar-refractivity contribution in [3.63, 3.8) is 0 Å². The highest BCUT2D eigenvalue weighted by atomic mass is 32.2. The number of piperidine rings is 1. The highest BCUT2D eigenvalue weighted by Crippen LogP contribution is 2.30. The molecule has 1 N–H and O–H groups in total. The smallest absolute Gasteiger partial charge is 0.246 e. The highest BCUT2D eigenvalue weighted by molar-refractivity contribution is 7.89. The van der Waals surface area contributed by atoms with Crippen LogP contribution in [0.3, 0.4) is 0 Å². The summed E-state index contributed by atoms with van der Waals surface area (Å²) in [6.45, 7) is 5.98. The molecule has 7 heteroatoms. The monoisotopic (exact) mass is 465 g/mol. The summed E-state index contributed by atoms with van der Waals surface area (Å²) in [5.74, 6) is 0.427. The summed E-state index contributed by atoms with van der Waals surface area (Å²) in [5.41, 5.74) is 3.21. The number of rotatable bonds is 7. The molecule has 0 radical (unpaired) electrons. The maximum atomic E-state index is 12.7. The molecule has 2 heterocycles. The molecular weight excluding hydrogens is 434 g/mol. The zero-order valence-corrected chi connectivity index (χ0v) is 20.0. The van der Waals surface area contributed by atoms with E-state index in [1.54, 1.807) is 36.4 Å². The van der Waals surface area contributed by atoms with Gasteiger partial charge in [0.25, 0.3) is 0 Å². The van der Waals surface area contributed by atoms with Crippen molar-refractivity contribution in [3.8, 4) is 0 Å². The Kier molecular flexibility index (Phi) is 7.00. The van der Waals surface area contributed by atoms with E-state index in [-0.39, 0.29) is 10.8 Å². The van der Waals surface area contributed by atoms with E-state index in [0.29, 0.717) is 19.0 Å². The van der Waals surface area contributed by atoms with E-state index in [9.17, 15) is 13.2 Å². The van der Waals surface area contributed by atoms with Gasteiger partial charge >= 0.3 is 0 Å². The molecule has 4 rings (SSSR count). The number of nitrogens with one attached hydrogen (secondary N) is 1. The standard InChI is InChI=1S/C26H31N3O3S/c1-3-29(4-2)33(31,32)23-12-9-20(10-13-23)11-14-26(30)28-17-15-21(16-18-28)25-19-22-7-5-6-8-24(22)27-25/h5-14,19,21,27H,3-4,15-18H2,1-2H3/b14-11-. The molecular formula is C26H31N3O3S. The minimum absolute atomic E-state index is 0.00932. The van der Waals surface area contributed by atoms with E-state index < -0.39 is 10.0 Å². The molecule has 1 aromatic heterocycles.